The lowest BCUT2D eigenvalue weighted by atomic mass is 9.85. The van der Waals surface area contributed by atoms with E-state index in [1.165, 1.54) is 32.1 Å². The van der Waals surface area contributed by atoms with Gasteiger partial charge in [0, 0.05) is 6.61 Å². The van der Waals surface area contributed by atoms with Gasteiger partial charge in [0.25, 0.3) is 0 Å². The van der Waals surface area contributed by atoms with Crippen molar-refractivity contribution in [2.75, 3.05) is 6.61 Å². The van der Waals surface area contributed by atoms with E-state index in [0.29, 0.717) is 24.2 Å². The molecule has 0 aromatic carbocycles. The number of hydrogen-bond acceptors (Lipinski definition) is 5. The molecular formula is C16H29N3O2. The van der Waals surface area contributed by atoms with Gasteiger partial charge in [0.2, 0.25) is 11.7 Å². The van der Waals surface area contributed by atoms with Gasteiger partial charge in [-0.3, -0.25) is 0 Å². The Kier molecular flexibility index (Phi) is 5.38. The highest BCUT2D eigenvalue weighted by Gasteiger charge is 2.32. The summed E-state index contributed by atoms with van der Waals surface area (Å²) < 4.78 is 11.3. The van der Waals surface area contributed by atoms with Crippen molar-refractivity contribution in [3.05, 3.63) is 11.7 Å². The molecule has 120 valence electrons. The van der Waals surface area contributed by atoms with E-state index < -0.39 is 0 Å². The number of rotatable bonds is 5. The van der Waals surface area contributed by atoms with Gasteiger partial charge in [-0.25, -0.2) is 0 Å². The Balaban J connectivity index is 2.15. The first-order valence-corrected chi connectivity index (χ1v) is 8.14. The van der Waals surface area contributed by atoms with Gasteiger partial charge in [-0.15, -0.1) is 0 Å². The second kappa shape index (κ2) is 6.88. The maximum absolute atomic E-state index is 6.20. The fourth-order valence-corrected chi connectivity index (χ4v) is 2.90. The van der Waals surface area contributed by atoms with Crippen molar-refractivity contribution < 1.29 is 9.26 Å². The van der Waals surface area contributed by atoms with Crippen molar-refractivity contribution in [2.45, 2.75) is 71.9 Å². The van der Waals surface area contributed by atoms with E-state index >= 15 is 0 Å². The van der Waals surface area contributed by atoms with Crippen LogP contribution in [0.25, 0.3) is 0 Å². The molecule has 1 fully saturated rings. The summed E-state index contributed by atoms with van der Waals surface area (Å²) in [4.78, 5) is 4.54. The molecule has 1 aromatic heterocycles. The molecule has 1 aliphatic carbocycles. The standard InChI is InChI=1S/C16H29N3O2/c1-5-20-12(11-9-7-6-8-10-11)14-18-15(21-19-14)13(17)16(2,3)4/h11-13H,5-10,17H2,1-4H3. The summed E-state index contributed by atoms with van der Waals surface area (Å²) in [6, 6.07) is -0.257. The number of hydrogen-bond donors (Lipinski definition) is 1. The Morgan fingerprint density at radius 1 is 1.29 bits per heavy atom. The minimum Gasteiger partial charge on any atom is -0.370 e. The van der Waals surface area contributed by atoms with Crippen LogP contribution in [-0.2, 0) is 4.74 Å². The maximum atomic E-state index is 6.20. The molecule has 21 heavy (non-hydrogen) atoms. The van der Waals surface area contributed by atoms with Crippen LogP contribution < -0.4 is 5.73 Å². The van der Waals surface area contributed by atoms with Crippen LogP contribution in [0, 0.1) is 11.3 Å². The molecule has 2 rings (SSSR count). The monoisotopic (exact) mass is 295 g/mol. The van der Waals surface area contributed by atoms with E-state index in [4.69, 9.17) is 15.0 Å². The zero-order valence-electron chi connectivity index (χ0n) is 13.8. The summed E-state index contributed by atoms with van der Waals surface area (Å²) in [7, 11) is 0. The summed E-state index contributed by atoms with van der Waals surface area (Å²) in [6.07, 6.45) is 6.16. The Bertz CT molecular complexity index is 433. The molecule has 1 aliphatic rings. The summed E-state index contributed by atoms with van der Waals surface area (Å²) in [5.41, 5.74) is 6.10. The molecular weight excluding hydrogens is 266 g/mol. The van der Waals surface area contributed by atoms with Gasteiger partial charge >= 0.3 is 0 Å². The number of nitrogens with two attached hydrogens (primary N) is 1. The first kappa shape index (κ1) is 16.4. The average Bonchev–Trinajstić information content (AvgIpc) is 2.93. The van der Waals surface area contributed by atoms with Crippen molar-refractivity contribution in [1.82, 2.24) is 10.1 Å². The van der Waals surface area contributed by atoms with Gasteiger partial charge in [-0.1, -0.05) is 45.2 Å². The SMILES string of the molecule is CCOC(c1noc(C(N)C(C)(C)C)n1)C1CCCCC1. The van der Waals surface area contributed by atoms with Crippen molar-refractivity contribution in [2.24, 2.45) is 17.1 Å². The highest BCUT2D eigenvalue weighted by atomic mass is 16.5. The zero-order valence-corrected chi connectivity index (χ0v) is 13.8. The second-order valence-electron chi connectivity index (χ2n) is 7.11. The summed E-state index contributed by atoms with van der Waals surface area (Å²) in [5, 5.41) is 4.15. The average molecular weight is 295 g/mol. The van der Waals surface area contributed by atoms with Crippen molar-refractivity contribution in [3.8, 4) is 0 Å². The maximum Gasteiger partial charge on any atom is 0.244 e. The Morgan fingerprint density at radius 2 is 1.95 bits per heavy atom. The lowest BCUT2D eigenvalue weighted by molar-refractivity contribution is -0.00145. The molecule has 0 aliphatic heterocycles. The van der Waals surface area contributed by atoms with E-state index in [1.54, 1.807) is 0 Å². The number of aromatic nitrogens is 2. The molecule has 1 aromatic rings. The number of ether oxygens (including phenoxy) is 1. The van der Waals surface area contributed by atoms with Gasteiger partial charge in [-0.2, -0.15) is 4.98 Å². The van der Waals surface area contributed by atoms with Gasteiger partial charge in [0.1, 0.15) is 6.10 Å². The fraction of sp³-hybridized carbons (Fsp3) is 0.875. The molecule has 5 nitrogen and oxygen atoms in total. The van der Waals surface area contributed by atoms with Crippen LogP contribution in [-0.4, -0.2) is 16.7 Å². The van der Waals surface area contributed by atoms with Crippen LogP contribution in [0.15, 0.2) is 4.52 Å². The largest absolute Gasteiger partial charge is 0.370 e. The van der Waals surface area contributed by atoms with Gasteiger partial charge in [0.15, 0.2) is 0 Å². The van der Waals surface area contributed by atoms with E-state index in [9.17, 15) is 0 Å². The fourth-order valence-electron chi connectivity index (χ4n) is 2.90. The van der Waals surface area contributed by atoms with Crippen LogP contribution in [0.2, 0.25) is 0 Å². The van der Waals surface area contributed by atoms with Crippen LogP contribution >= 0.6 is 0 Å². The molecule has 0 radical (unpaired) electrons. The molecule has 0 bridgehead atoms. The van der Waals surface area contributed by atoms with Crippen molar-refractivity contribution in [1.29, 1.82) is 0 Å². The lowest BCUT2D eigenvalue weighted by Gasteiger charge is -2.28. The quantitative estimate of drug-likeness (QED) is 0.895. The van der Waals surface area contributed by atoms with E-state index in [0.717, 1.165) is 0 Å². The Hall–Kier alpha value is -0.940. The summed E-state index contributed by atoms with van der Waals surface area (Å²) in [6.45, 7) is 8.89. The van der Waals surface area contributed by atoms with E-state index in [-0.39, 0.29) is 17.6 Å². The Labute approximate surface area is 127 Å². The summed E-state index contributed by atoms with van der Waals surface area (Å²) in [5.74, 6) is 1.67. The predicted octanol–water partition coefficient (Wildman–Crippen LogP) is 3.77. The van der Waals surface area contributed by atoms with Crippen LogP contribution in [0.5, 0.6) is 0 Å². The topological polar surface area (TPSA) is 74.2 Å². The first-order valence-electron chi connectivity index (χ1n) is 8.14. The number of nitrogens with zero attached hydrogens (tertiary/aromatic N) is 2. The van der Waals surface area contributed by atoms with Crippen LogP contribution in [0.3, 0.4) is 0 Å². The van der Waals surface area contributed by atoms with Crippen molar-refractivity contribution in [3.63, 3.8) is 0 Å². The molecule has 2 unspecified atom stereocenters. The zero-order chi connectivity index (χ0) is 15.5. The molecule has 1 heterocycles. The van der Waals surface area contributed by atoms with E-state index in [2.05, 4.69) is 30.9 Å². The highest BCUT2D eigenvalue weighted by Crippen LogP contribution is 2.37. The second-order valence-corrected chi connectivity index (χ2v) is 7.11. The molecule has 0 saturated heterocycles. The van der Waals surface area contributed by atoms with Gasteiger partial charge in [0.05, 0.1) is 6.04 Å². The first-order chi connectivity index (χ1) is 9.93. The molecule has 1 saturated carbocycles. The predicted molar refractivity (Wildman–Crippen MR) is 81.6 cm³/mol. The third-order valence-electron chi connectivity index (χ3n) is 4.34. The summed E-state index contributed by atoms with van der Waals surface area (Å²) >= 11 is 0. The smallest absolute Gasteiger partial charge is 0.244 e. The van der Waals surface area contributed by atoms with Gasteiger partial charge < -0.3 is 15.0 Å². The third-order valence-corrected chi connectivity index (χ3v) is 4.34. The third kappa shape index (κ3) is 4.04. The van der Waals surface area contributed by atoms with Crippen LogP contribution in [0.4, 0.5) is 0 Å². The lowest BCUT2D eigenvalue weighted by Crippen LogP contribution is -2.26. The minimum absolute atomic E-state index is 0.0556. The minimum atomic E-state index is -0.257. The molecule has 5 heteroatoms. The molecule has 0 amide bonds. The van der Waals surface area contributed by atoms with Crippen LogP contribution in [0.1, 0.15) is 83.7 Å². The van der Waals surface area contributed by atoms with Gasteiger partial charge in [-0.05, 0) is 31.1 Å². The Morgan fingerprint density at radius 3 is 2.52 bits per heavy atom. The van der Waals surface area contributed by atoms with E-state index in [1.807, 2.05) is 6.92 Å². The van der Waals surface area contributed by atoms with Crippen molar-refractivity contribution >= 4 is 0 Å². The highest BCUT2D eigenvalue weighted by molar-refractivity contribution is 5.00. The molecule has 2 N–H and O–H groups in total. The molecule has 2 atom stereocenters. The normalized spacial score (nSPS) is 20.4. The molecule has 0 spiro atoms.